The van der Waals surface area contributed by atoms with Crippen molar-refractivity contribution in [2.75, 3.05) is 0 Å². The van der Waals surface area contributed by atoms with Gasteiger partial charge in [0.1, 0.15) is 0 Å². The number of rotatable bonds is 1. The van der Waals surface area contributed by atoms with Crippen LogP contribution in [0.5, 0.6) is 0 Å². The Bertz CT molecular complexity index is 244. The van der Waals surface area contributed by atoms with E-state index in [0.717, 1.165) is 17.8 Å². The maximum Gasteiger partial charge on any atom is 0.0855 e. The molecule has 2 aliphatic carbocycles. The van der Waals surface area contributed by atoms with Crippen molar-refractivity contribution in [3.63, 3.8) is 0 Å². The molecular formula is C8H11N3. The molecule has 0 aliphatic heterocycles. The van der Waals surface area contributed by atoms with Gasteiger partial charge in [0.05, 0.1) is 11.9 Å². The standard InChI is InChI=1S/C8H11N3/c1-5-2-7(3-6(1)5)8-4-9-11-10-8/h4-7H,1-3H2,(H,9,10,11)/t5-,6-/m0/s1. The van der Waals surface area contributed by atoms with Crippen LogP contribution in [0.1, 0.15) is 30.9 Å². The van der Waals surface area contributed by atoms with Gasteiger partial charge < -0.3 is 0 Å². The third-order valence-corrected chi connectivity index (χ3v) is 3.10. The van der Waals surface area contributed by atoms with E-state index in [-0.39, 0.29) is 0 Å². The van der Waals surface area contributed by atoms with E-state index in [2.05, 4.69) is 15.4 Å². The summed E-state index contributed by atoms with van der Waals surface area (Å²) in [6.45, 7) is 0. The van der Waals surface area contributed by atoms with Gasteiger partial charge in [-0.25, -0.2) is 0 Å². The van der Waals surface area contributed by atoms with Crippen molar-refractivity contribution < 1.29 is 0 Å². The van der Waals surface area contributed by atoms with Crippen LogP contribution in [0.2, 0.25) is 0 Å². The molecule has 0 radical (unpaired) electrons. The maximum atomic E-state index is 4.12. The molecule has 0 aromatic carbocycles. The van der Waals surface area contributed by atoms with Crippen LogP contribution in [0, 0.1) is 11.8 Å². The average Bonchev–Trinajstić information content (AvgIpc) is 2.60. The molecule has 0 amide bonds. The van der Waals surface area contributed by atoms with Gasteiger partial charge in [-0.1, -0.05) is 0 Å². The zero-order chi connectivity index (χ0) is 7.26. The highest BCUT2D eigenvalue weighted by Crippen LogP contribution is 2.56. The van der Waals surface area contributed by atoms with Crippen molar-refractivity contribution in [3.8, 4) is 0 Å². The van der Waals surface area contributed by atoms with Gasteiger partial charge in [0.2, 0.25) is 0 Å². The van der Waals surface area contributed by atoms with E-state index in [1.165, 1.54) is 25.0 Å². The molecule has 0 bridgehead atoms. The van der Waals surface area contributed by atoms with Gasteiger partial charge in [-0.2, -0.15) is 15.4 Å². The molecule has 0 unspecified atom stereocenters. The number of fused-ring (bicyclic) bond motifs is 1. The smallest absolute Gasteiger partial charge is 0.0855 e. The fourth-order valence-corrected chi connectivity index (χ4v) is 2.36. The first-order valence-electron chi connectivity index (χ1n) is 4.29. The van der Waals surface area contributed by atoms with Gasteiger partial charge in [-0.05, 0) is 31.1 Å². The molecule has 0 spiro atoms. The molecule has 1 aromatic rings. The number of hydrogen-bond acceptors (Lipinski definition) is 2. The van der Waals surface area contributed by atoms with E-state index < -0.39 is 0 Å². The number of aromatic nitrogens is 3. The highest BCUT2D eigenvalue weighted by molar-refractivity contribution is 5.10. The number of aromatic amines is 1. The summed E-state index contributed by atoms with van der Waals surface area (Å²) in [5, 5.41) is 10.6. The summed E-state index contributed by atoms with van der Waals surface area (Å²) < 4.78 is 0. The van der Waals surface area contributed by atoms with Crippen LogP contribution in [0.4, 0.5) is 0 Å². The predicted octanol–water partition coefficient (Wildman–Crippen LogP) is 1.32. The quantitative estimate of drug-likeness (QED) is 0.654. The summed E-state index contributed by atoms with van der Waals surface area (Å²) in [5.41, 5.74) is 1.18. The molecule has 1 heterocycles. The lowest BCUT2D eigenvalue weighted by molar-refractivity contribution is 0.606. The molecule has 58 valence electrons. The molecule has 11 heavy (non-hydrogen) atoms. The first-order chi connectivity index (χ1) is 5.43. The Morgan fingerprint density at radius 2 is 2.09 bits per heavy atom. The van der Waals surface area contributed by atoms with E-state index in [9.17, 15) is 0 Å². The highest BCUT2D eigenvalue weighted by atomic mass is 15.3. The van der Waals surface area contributed by atoms with Crippen LogP contribution in [0.25, 0.3) is 0 Å². The summed E-state index contributed by atoms with van der Waals surface area (Å²) in [6.07, 6.45) is 6.07. The van der Waals surface area contributed by atoms with Gasteiger partial charge >= 0.3 is 0 Å². The van der Waals surface area contributed by atoms with Crippen molar-refractivity contribution in [2.45, 2.75) is 25.2 Å². The van der Waals surface area contributed by atoms with Gasteiger partial charge in [-0.3, -0.25) is 0 Å². The van der Waals surface area contributed by atoms with Crippen LogP contribution < -0.4 is 0 Å². The molecule has 3 heteroatoms. The second-order valence-electron chi connectivity index (χ2n) is 3.82. The molecule has 3 nitrogen and oxygen atoms in total. The molecular weight excluding hydrogens is 138 g/mol. The molecule has 1 N–H and O–H groups in total. The normalized spacial score (nSPS) is 35.6. The Morgan fingerprint density at radius 3 is 2.73 bits per heavy atom. The molecule has 2 aliphatic rings. The minimum atomic E-state index is 0.720. The minimum absolute atomic E-state index is 0.720. The summed E-state index contributed by atoms with van der Waals surface area (Å²) in [6, 6.07) is 0. The Kier molecular flexibility index (Phi) is 0.962. The van der Waals surface area contributed by atoms with E-state index in [0.29, 0.717) is 0 Å². The Morgan fingerprint density at radius 1 is 1.27 bits per heavy atom. The molecule has 3 rings (SSSR count). The van der Waals surface area contributed by atoms with Gasteiger partial charge in [0.15, 0.2) is 0 Å². The largest absolute Gasteiger partial charge is 0.198 e. The summed E-state index contributed by atoms with van der Waals surface area (Å²) in [5.74, 6) is 2.80. The van der Waals surface area contributed by atoms with Crippen LogP contribution >= 0.6 is 0 Å². The molecule has 2 fully saturated rings. The molecule has 0 saturated heterocycles. The van der Waals surface area contributed by atoms with Crippen LogP contribution in [0.15, 0.2) is 6.20 Å². The Balaban J connectivity index is 1.81. The summed E-state index contributed by atoms with van der Waals surface area (Å²) in [4.78, 5) is 0. The lowest BCUT2D eigenvalue weighted by atomic mass is 10.0. The van der Waals surface area contributed by atoms with E-state index in [4.69, 9.17) is 0 Å². The third kappa shape index (κ3) is 0.800. The summed E-state index contributed by atoms with van der Waals surface area (Å²) >= 11 is 0. The number of H-pyrrole nitrogens is 1. The molecule has 2 saturated carbocycles. The number of nitrogens with zero attached hydrogens (tertiary/aromatic N) is 2. The SMILES string of the molecule is c1n[nH]nc1C1C[C@@H]2C[C@H]2C1. The third-order valence-electron chi connectivity index (χ3n) is 3.10. The predicted molar refractivity (Wildman–Crippen MR) is 40.0 cm³/mol. The average molecular weight is 149 g/mol. The Hall–Kier alpha value is -0.860. The van der Waals surface area contributed by atoms with Crippen molar-refractivity contribution in [1.29, 1.82) is 0 Å². The van der Waals surface area contributed by atoms with Crippen molar-refractivity contribution in [2.24, 2.45) is 11.8 Å². The van der Waals surface area contributed by atoms with Crippen molar-refractivity contribution >= 4 is 0 Å². The van der Waals surface area contributed by atoms with E-state index >= 15 is 0 Å². The van der Waals surface area contributed by atoms with Crippen LogP contribution in [-0.2, 0) is 0 Å². The zero-order valence-electron chi connectivity index (χ0n) is 6.33. The Labute approximate surface area is 65.2 Å². The van der Waals surface area contributed by atoms with E-state index in [1.54, 1.807) is 0 Å². The molecule has 1 aromatic heterocycles. The van der Waals surface area contributed by atoms with Gasteiger partial charge in [0.25, 0.3) is 0 Å². The zero-order valence-corrected chi connectivity index (χ0v) is 6.33. The van der Waals surface area contributed by atoms with E-state index in [1.807, 2.05) is 6.20 Å². The fraction of sp³-hybridized carbons (Fsp3) is 0.750. The topological polar surface area (TPSA) is 41.6 Å². The fourth-order valence-electron chi connectivity index (χ4n) is 2.36. The van der Waals surface area contributed by atoms with Crippen molar-refractivity contribution in [3.05, 3.63) is 11.9 Å². The van der Waals surface area contributed by atoms with Crippen LogP contribution in [-0.4, -0.2) is 15.4 Å². The lowest BCUT2D eigenvalue weighted by Crippen LogP contribution is -1.95. The van der Waals surface area contributed by atoms with Crippen LogP contribution in [0.3, 0.4) is 0 Å². The number of nitrogens with one attached hydrogen (secondary N) is 1. The van der Waals surface area contributed by atoms with Crippen molar-refractivity contribution in [1.82, 2.24) is 15.4 Å². The number of hydrogen-bond donors (Lipinski definition) is 1. The second kappa shape index (κ2) is 1.84. The minimum Gasteiger partial charge on any atom is -0.198 e. The monoisotopic (exact) mass is 149 g/mol. The lowest BCUT2D eigenvalue weighted by Gasteiger charge is -2.05. The first-order valence-corrected chi connectivity index (χ1v) is 4.29. The summed E-state index contributed by atoms with van der Waals surface area (Å²) in [7, 11) is 0. The second-order valence-corrected chi connectivity index (χ2v) is 3.82. The van der Waals surface area contributed by atoms with Gasteiger partial charge in [0, 0.05) is 5.92 Å². The highest BCUT2D eigenvalue weighted by Gasteiger charge is 2.46. The first kappa shape index (κ1) is 5.75. The maximum absolute atomic E-state index is 4.12. The molecule has 2 atom stereocenters. The van der Waals surface area contributed by atoms with Gasteiger partial charge in [-0.15, -0.1) is 0 Å².